The largest absolute Gasteiger partial charge is 0.454 e. The minimum absolute atomic E-state index is 0.225. The molecule has 2 saturated heterocycles. The van der Waals surface area contributed by atoms with E-state index in [-0.39, 0.29) is 11.9 Å². The van der Waals surface area contributed by atoms with Crippen LogP contribution in [0.1, 0.15) is 31.4 Å². The standard InChI is InChI=1S/C18H26N4O3/c1-12(10-22-6-2-3-17(22)23)19-8-14-9-20-21-18(14)13-4-5-15-16(7-13)25-11-24-15/h4-5,7,12,14,18-21H,2-3,6,8-11H2,1H3. The van der Waals surface area contributed by atoms with Crippen molar-refractivity contribution in [3.05, 3.63) is 23.8 Å². The molecule has 1 amide bonds. The van der Waals surface area contributed by atoms with E-state index in [1.165, 1.54) is 5.56 Å². The molecule has 3 heterocycles. The van der Waals surface area contributed by atoms with Crippen LogP contribution in [0.2, 0.25) is 0 Å². The van der Waals surface area contributed by atoms with Gasteiger partial charge in [0.15, 0.2) is 11.5 Å². The van der Waals surface area contributed by atoms with Gasteiger partial charge in [0.1, 0.15) is 0 Å². The lowest BCUT2D eigenvalue weighted by molar-refractivity contribution is -0.127. The first-order chi connectivity index (χ1) is 12.2. The number of nitrogens with zero attached hydrogens (tertiary/aromatic N) is 1. The summed E-state index contributed by atoms with van der Waals surface area (Å²) >= 11 is 0. The summed E-state index contributed by atoms with van der Waals surface area (Å²) in [4.78, 5) is 13.7. The number of hydrogen-bond donors (Lipinski definition) is 3. The number of likely N-dealkylation sites (tertiary alicyclic amines) is 1. The number of carbonyl (C=O) groups excluding carboxylic acids is 1. The monoisotopic (exact) mass is 346 g/mol. The molecule has 136 valence electrons. The van der Waals surface area contributed by atoms with Crippen molar-refractivity contribution in [3.63, 3.8) is 0 Å². The van der Waals surface area contributed by atoms with Gasteiger partial charge in [-0.15, -0.1) is 0 Å². The molecule has 1 aromatic rings. The van der Waals surface area contributed by atoms with Gasteiger partial charge in [-0.2, -0.15) is 0 Å². The summed E-state index contributed by atoms with van der Waals surface area (Å²) in [6.45, 7) is 5.94. The van der Waals surface area contributed by atoms with Gasteiger partial charge < -0.3 is 19.7 Å². The smallest absolute Gasteiger partial charge is 0.231 e. The van der Waals surface area contributed by atoms with E-state index in [0.717, 1.165) is 44.1 Å². The molecule has 0 bridgehead atoms. The van der Waals surface area contributed by atoms with E-state index in [1.54, 1.807) is 0 Å². The van der Waals surface area contributed by atoms with Crippen LogP contribution in [0, 0.1) is 5.92 Å². The first-order valence-corrected chi connectivity index (χ1v) is 9.10. The maximum atomic E-state index is 11.8. The first kappa shape index (κ1) is 16.6. The van der Waals surface area contributed by atoms with Gasteiger partial charge in [0.2, 0.25) is 12.7 Å². The van der Waals surface area contributed by atoms with Crippen LogP contribution < -0.4 is 25.6 Å². The minimum Gasteiger partial charge on any atom is -0.454 e. The fraction of sp³-hybridized carbons (Fsp3) is 0.611. The Hall–Kier alpha value is -1.83. The van der Waals surface area contributed by atoms with E-state index >= 15 is 0 Å². The van der Waals surface area contributed by atoms with Crippen LogP contribution >= 0.6 is 0 Å². The molecule has 0 radical (unpaired) electrons. The molecule has 25 heavy (non-hydrogen) atoms. The molecule has 0 saturated carbocycles. The number of rotatable bonds is 6. The van der Waals surface area contributed by atoms with Crippen molar-refractivity contribution in [3.8, 4) is 11.5 Å². The van der Waals surface area contributed by atoms with Gasteiger partial charge in [-0.25, -0.2) is 5.43 Å². The van der Waals surface area contributed by atoms with E-state index in [9.17, 15) is 4.79 Å². The number of ether oxygens (including phenoxy) is 2. The van der Waals surface area contributed by atoms with E-state index in [1.807, 2.05) is 11.0 Å². The van der Waals surface area contributed by atoms with Gasteiger partial charge in [-0.05, 0) is 31.0 Å². The molecule has 3 aliphatic heterocycles. The zero-order chi connectivity index (χ0) is 17.2. The van der Waals surface area contributed by atoms with Crippen molar-refractivity contribution < 1.29 is 14.3 Å². The third kappa shape index (κ3) is 3.58. The molecule has 3 aliphatic rings. The third-order valence-electron chi connectivity index (χ3n) is 5.24. The fourth-order valence-corrected chi connectivity index (χ4v) is 3.83. The predicted octanol–water partition coefficient (Wildman–Crippen LogP) is 0.781. The second-order valence-corrected chi connectivity index (χ2v) is 7.13. The van der Waals surface area contributed by atoms with E-state index in [4.69, 9.17) is 9.47 Å². The van der Waals surface area contributed by atoms with Crippen LogP contribution in [0.3, 0.4) is 0 Å². The number of amides is 1. The number of nitrogens with one attached hydrogen (secondary N) is 3. The highest BCUT2D eigenvalue weighted by Crippen LogP contribution is 2.36. The summed E-state index contributed by atoms with van der Waals surface area (Å²) in [7, 11) is 0. The second kappa shape index (κ2) is 7.19. The molecular formula is C18H26N4O3. The normalized spacial score (nSPS) is 26.4. The number of carbonyl (C=O) groups is 1. The van der Waals surface area contributed by atoms with Crippen LogP contribution in [0.4, 0.5) is 0 Å². The Morgan fingerprint density at radius 2 is 2.24 bits per heavy atom. The molecular weight excluding hydrogens is 320 g/mol. The Balaban J connectivity index is 1.33. The van der Waals surface area contributed by atoms with Crippen LogP contribution in [0.5, 0.6) is 11.5 Å². The van der Waals surface area contributed by atoms with Crippen molar-refractivity contribution in [2.45, 2.75) is 31.8 Å². The van der Waals surface area contributed by atoms with Gasteiger partial charge >= 0.3 is 0 Å². The second-order valence-electron chi connectivity index (χ2n) is 7.13. The van der Waals surface area contributed by atoms with E-state index < -0.39 is 0 Å². The summed E-state index contributed by atoms with van der Waals surface area (Å²) in [6.07, 6.45) is 1.70. The lowest BCUT2D eigenvalue weighted by atomic mass is 9.94. The summed E-state index contributed by atoms with van der Waals surface area (Å²) in [5.74, 6) is 2.35. The quantitative estimate of drug-likeness (QED) is 0.707. The highest BCUT2D eigenvalue weighted by molar-refractivity contribution is 5.78. The zero-order valence-electron chi connectivity index (χ0n) is 14.6. The van der Waals surface area contributed by atoms with Gasteiger partial charge in [-0.3, -0.25) is 10.2 Å². The highest BCUT2D eigenvalue weighted by Gasteiger charge is 2.30. The van der Waals surface area contributed by atoms with Crippen molar-refractivity contribution in [1.82, 2.24) is 21.1 Å². The Kier molecular flexibility index (Phi) is 4.78. The molecule has 3 N–H and O–H groups in total. The predicted molar refractivity (Wildman–Crippen MR) is 93.2 cm³/mol. The summed E-state index contributed by atoms with van der Waals surface area (Å²) in [5.41, 5.74) is 7.83. The molecule has 4 rings (SSSR count). The molecule has 7 heteroatoms. The Labute approximate surface area is 148 Å². The number of fused-ring (bicyclic) bond motifs is 1. The van der Waals surface area contributed by atoms with Crippen molar-refractivity contribution >= 4 is 5.91 Å². The molecule has 2 fully saturated rings. The number of benzene rings is 1. The average molecular weight is 346 g/mol. The van der Waals surface area contributed by atoms with Crippen molar-refractivity contribution in [2.24, 2.45) is 5.92 Å². The van der Waals surface area contributed by atoms with Gasteiger partial charge in [-0.1, -0.05) is 6.07 Å². The van der Waals surface area contributed by atoms with Gasteiger partial charge in [0, 0.05) is 44.6 Å². The lowest BCUT2D eigenvalue weighted by Crippen LogP contribution is -2.42. The minimum atomic E-state index is 0.225. The molecule has 3 atom stereocenters. The maximum Gasteiger partial charge on any atom is 0.231 e. The summed E-state index contributed by atoms with van der Waals surface area (Å²) in [6, 6.07) is 6.65. The number of hydrogen-bond acceptors (Lipinski definition) is 6. The Morgan fingerprint density at radius 1 is 1.36 bits per heavy atom. The van der Waals surface area contributed by atoms with Crippen molar-refractivity contribution in [1.29, 1.82) is 0 Å². The summed E-state index contributed by atoms with van der Waals surface area (Å²) in [5, 5.41) is 3.59. The van der Waals surface area contributed by atoms with Crippen molar-refractivity contribution in [2.75, 3.05) is 33.0 Å². The van der Waals surface area contributed by atoms with Crippen LogP contribution in [-0.4, -0.2) is 49.8 Å². The SMILES string of the molecule is CC(CN1CCCC1=O)NCC1CNNC1c1ccc2c(c1)OCO2. The highest BCUT2D eigenvalue weighted by atomic mass is 16.7. The number of hydrazine groups is 1. The molecule has 7 nitrogen and oxygen atoms in total. The third-order valence-corrected chi connectivity index (χ3v) is 5.24. The first-order valence-electron chi connectivity index (χ1n) is 9.10. The van der Waals surface area contributed by atoms with Crippen LogP contribution in [-0.2, 0) is 4.79 Å². The molecule has 0 spiro atoms. The lowest BCUT2D eigenvalue weighted by Gasteiger charge is -2.25. The Bertz CT molecular complexity index is 639. The Morgan fingerprint density at radius 3 is 3.08 bits per heavy atom. The average Bonchev–Trinajstić information content (AvgIpc) is 3.33. The fourth-order valence-electron chi connectivity index (χ4n) is 3.83. The van der Waals surface area contributed by atoms with Crippen LogP contribution in [0.15, 0.2) is 18.2 Å². The van der Waals surface area contributed by atoms with Gasteiger partial charge in [0.25, 0.3) is 0 Å². The topological polar surface area (TPSA) is 74.9 Å². The maximum absolute atomic E-state index is 11.8. The molecule has 0 aliphatic carbocycles. The molecule has 0 aromatic heterocycles. The molecule has 3 unspecified atom stereocenters. The summed E-state index contributed by atoms with van der Waals surface area (Å²) < 4.78 is 10.9. The zero-order valence-corrected chi connectivity index (χ0v) is 14.6. The van der Waals surface area contributed by atoms with E-state index in [0.29, 0.717) is 25.2 Å². The van der Waals surface area contributed by atoms with Crippen LogP contribution in [0.25, 0.3) is 0 Å². The van der Waals surface area contributed by atoms with E-state index in [2.05, 4.69) is 35.2 Å². The molecule has 1 aromatic carbocycles. The van der Waals surface area contributed by atoms with Gasteiger partial charge in [0.05, 0.1) is 6.04 Å².